The third-order valence-electron chi connectivity index (χ3n) is 1.97. The van der Waals surface area contributed by atoms with Gasteiger partial charge in [-0.1, -0.05) is 0 Å². The molecule has 0 N–H and O–H groups in total. The van der Waals surface area contributed by atoms with Gasteiger partial charge in [0.15, 0.2) is 5.82 Å². The summed E-state index contributed by atoms with van der Waals surface area (Å²) in [6.07, 6.45) is 3.98. The van der Waals surface area contributed by atoms with Crippen molar-refractivity contribution < 1.29 is 0 Å². The van der Waals surface area contributed by atoms with Crippen LogP contribution in [-0.2, 0) is 7.05 Å². The highest BCUT2D eigenvalue weighted by molar-refractivity contribution is 5.25. The van der Waals surface area contributed by atoms with Gasteiger partial charge in [-0.3, -0.25) is 4.68 Å². The monoisotopic (exact) mass is 161 g/mol. The highest BCUT2D eigenvalue weighted by atomic mass is 15.3. The summed E-state index contributed by atoms with van der Waals surface area (Å²) in [4.78, 5) is 0. The van der Waals surface area contributed by atoms with E-state index in [1.165, 1.54) is 5.69 Å². The third kappa shape index (κ3) is 1.03. The van der Waals surface area contributed by atoms with Crippen molar-refractivity contribution in [3.63, 3.8) is 0 Å². The molecule has 3 nitrogen and oxygen atoms in total. The summed E-state index contributed by atoms with van der Waals surface area (Å²) in [7, 11) is 1.95. The molecule has 0 saturated heterocycles. The molecule has 12 heavy (non-hydrogen) atoms. The van der Waals surface area contributed by atoms with Crippen LogP contribution in [0.1, 0.15) is 5.69 Å². The molecule has 0 atom stereocenters. The molecule has 0 aliphatic carbocycles. The van der Waals surface area contributed by atoms with Gasteiger partial charge in [-0.05, 0) is 19.1 Å². The Balaban J connectivity index is 2.48. The zero-order chi connectivity index (χ0) is 8.55. The molecule has 2 aromatic rings. The molecule has 2 heterocycles. The number of aryl methyl sites for hydroxylation is 2. The van der Waals surface area contributed by atoms with Crippen LogP contribution in [0.4, 0.5) is 0 Å². The van der Waals surface area contributed by atoms with Crippen molar-refractivity contribution in [2.45, 2.75) is 6.92 Å². The second-order valence-corrected chi connectivity index (χ2v) is 2.86. The number of nitrogens with zero attached hydrogens (tertiary/aromatic N) is 3. The molecule has 0 aromatic carbocycles. The minimum atomic E-state index is 0.972. The maximum absolute atomic E-state index is 4.33. The summed E-state index contributed by atoms with van der Waals surface area (Å²) < 4.78 is 3.86. The largest absolute Gasteiger partial charge is 0.307 e. The van der Waals surface area contributed by atoms with Crippen LogP contribution in [0.15, 0.2) is 30.6 Å². The van der Waals surface area contributed by atoms with E-state index in [0.717, 1.165) is 5.82 Å². The number of aromatic nitrogens is 3. The predicted octanol–water partition coefficient (Wildman–Crippen LogP) is 1.52. The average Bonchev–Trinajstić information content (AvgIpc) is 2.61. The molecule has 0 aliphatic heterocycles. The molecule has 0 amide bonds. The number of rotatable bonds is 1. The molecule has 0 bridgehead atoms. The first-order valence-corrected chi connectivity index (χ1v) is 3.91. The topological polar surface area (TPSA) is 22.8 Å². The Morgan fingerprint density at radius 1 is 1.25 bits per heavy atom. The molecular formula is C9H11N3. The zero-order valence-corrected chi connectivity index (χ0v) is 7.23. The Kier molecular flexibility index (Phi) is 1.50. The summed E-state index contributed by atoms with van der Waals surface area (Å²) in [5, 5.41) is 4.33. The minimum absolute atomic E-state index is 0.972. The van der Waals surface area contributed by atoms with Gasteiger partial charge in [-0.2, -0.15) is 5.10 Å². The Morgan fingerprint density at radius 2 is 1.92 bits per heavy atom. The smallest absolute Gasteiger partial charge is 0.158 e. The first kappa shape index (κ1) is 7.16. The molecule has 0 radical (unpaired) electrons. The van der Waals surface area contributed by atoms with Crippen LogP contribution >= 0.6 is 0 Å². The van der Waals surface area contributed by atoms with E-state index < -0.39 is 0 Å². The van der Waals surface area contributed by atoms with Crippen LogP contribution in [0.25, 0.3) is 5.82 Å². The minimum Gasteiger partial charge on any atom is -0.307 e. The Hall–Kier alpha value is -1.51. The van der Waals surface area contributed by atoms with Crippen LogP contribution in [0.5, 0.6) is 0 Å². The van der Waals surface area contributed by atoms with Crippen molar-refractivity contribution in [1.29, 1.82) is 0 Å². The first-order valence-electron chi connectivity index (χ1n) is 3.91. The molecule has 2 rings (SSSR count). The van der Waals surface area contributed by atoms with Gasteiger partial charge >= 0.3 is 0 Å². The SMILES string of the molecule is Cc1cc(-n2cccc2)nn1C. The van der Waals surface area contributed by atoms with Gasteiger partial charge in [0, 0.05) is 31.2 Å². The lowest BCUT2D eigenvalue weighted by atomic mass is 10.4. The molecule has 0 saturated carbocycles. The van der Waals surface area contributed by atoms with E-state index in [2.05, 4.69) is 11.2 Å². The second kappa shape index (κ2) is 2.52. The fourth-order valence-corrected chi connectivity index (χ4v) is 1.16. The molecule has 2 aromatic heterocycles. The van der Waals surface area contributed by atoms with Gasteiger partial charge in [0.05, 0.1) is 0 Å². The second-order valence-electron chi connectivity index (χ2n) is 2.86. The van der Waals surface area contributed by atoms with Gasteiger partial charge in [0.25, 0.3) is 0 Å². The summed E-state index contributed by atoms with van der Waals surface area (Å²) >= 11 is 0. The lowest BCUT2D eigenvalue weighted by Crippen LogP contribution is -1.95. The van der Waals surface area contributed by atoms with E-state index >= 15 is 0 Å². The Morgan fingerprint density at radius 3 is 2.42 bits per heavy atom. The molecule has 62 valence electrons. The maximum atomic E-state index is 4.33. The van der Waals surface area contributed by atoms with E-state index in [1.807, 2.05) is 47.7 Å². The lowest BCUT2D eigenvalue weighted by Gasteiger charge is -1.93. The van der Waals surface area contributed by atoms with Crippen LogP contribution < -0.4 is 0 Å². The summed E-state index contributed by atoms with van der Waals surface area (Å²) in [6, 6.07) is 6.04. The fraction of sp³-hybridized carbons (Fsp3) is 0.222. The first-order chi connectivity index (χ1) is 5.77. The highest BCUT2D eigenvalue weighted by Crippen LogP contribution is 2.06. The molecule has 0 unspecified atom stereocenters. The van der Waals surface area contributed by atoms with Gasteiger partial charge in [-0.15, -0.1) is 0 Å². The number of hydrogen-bond donors (Lipinski definition) is 0. The van der Waals surface area contributed by atoms with Crippen molar-refractivity contribution in [3.05, 3.63) is 36.3 Å². The van der Waals surface area contributed by atoms with E-state index in [-0.39, 0.29) is 0 Å². The molecule has 3 heteroatoms. The maximum Gasteiger partial charge on any atom is 0.158 e. The predicted molar refractivity (Wildman–Crippen MR) is 47.3 cm³/mol. The fourth-order valence-electron chi connectivity index (χ4n) is 1.16. The molecule has 0 aliphatic rings. The summed E-state index contributed by atoms with van der Waals surface area (Å²) in [5.41, 5.74) is 1.17. The van der Waals surface area contributed by atoms with E-state index in [0.29, 0.717) is 0 Å². The normalized spacial score (nSPS) is 10.5. The van der Waals surface area contributed by atoms with Gasteiger partial charge in [-0.25, -0.2) is 0 Å². The molecule has 0 spiro atoms. The number of hydrogen-bond acceptors (Lipinski definition) is 1. The molecular weight excluding hydrogens is 150 g/mol. The van der Waals surface area contributed by atoms with E-state index in [1.54, 1.807) is 0 Å². The van der Waals surface area contributed by atoms with Crippen LogP contribution in [0.3, 0.4) is 0 Å². The standard InChI is InChI=1S/C9H11N3/c1-8-7-9(10-11(8)2)12-5-3-4-6-12/h3-7H,1-2H3. The lowest BCUT2D eigenvalue weighted by molar-refractivity contribution is 0.728. The van der Waals surface area contributed by atoms with Crippen molar-refractivity contribution in [3.8, 4) is 5.82 Å². The molecule has 0 fully saturated rings. The van der Waals surface area contributed by atoms with E-state index in [9.17, 15) is 0 Å². The van der Waals surface area contributed by atoms with Crippen molar-refractivity contribution >= 4 is 0 Å². The van der Waals surface area contributed by atoms with Crippen LogP contribution in [0.2, 0.25) is 0 Å². The summed E-state index contributed by atoms with van der Waals surface area (Å²) in [6.45, 7) is 2.04. The van der Waals surface area contributed by atoms with Crippen molar-refractivity contribution in [2.75, 3.05) is 0 Å². The third-order valence-corrected chi connectivity index (χ3v) is 1.97. The van der Waals surface area contributed by atoms with Gasteiger partial charge in [0.1, 0.15) is 0 Å². The van der Waals surface area contributed by atoms with Crippen LogP contribution in [0, 0.1) is 6.92 Å². The Bertz CT molecular complexity index is 351. The quantitative estimate of drug-likeness (QED) is 0.621. The van der Waals surface area contributed by atoms with E-state index in [4.69, 9.17) is 0 Å². The van der Waals surface area contributed by atoms with Crippen molar-refractivity contribution in [2.24, 2.45) is 7.05 Å². The zero-order valence-electron chi connectivity index (χ0n) is 7.23. The van der Waals surface area contributed by atoms with Gasteiger partial charge in [0.2, 0.25) is 0 Å². The Labute approximate surface area is 71.2 Å². The van der Waals surface area contributed by atoms with Crippen molar-refractivity contribution in [1.82, 2.24) is 14.3 Å². The average molecular weight is 161 g/mol. The summed E-state index contributed by atoms with van der Waals surface area (Å²) in [5.74, 6) is 0.972. The van der Waals surface area contributed by atoms with Gasteiger partial charge < -0.3 is 4.57 Å². The highest BCUT2D eigenvalue weighted by Gasteiger charge is 2.00. The van der Waals surface area contributed by atoms with Crippen LogP contribution in [-0.4, -0.2) is 14.3 Å².